The van der Waals surface area contributed by atoms with E-state index in [4.69, 9.17) is 37.0 Å². The summed E-state index contributed by atoms with van der Waals surface area (Å²) >= 11 is 0. The topological polar surface area (TPSA) is 237 Å². The highest BCUT2D eigenvalue weighted by atomic mass is 31.2. The fourth-order valence-corrected chi connectivity index (χ4v) is 13.4. The van der Waals surface area contributed by atoms with Crippen molar-refractivity contribution in [1.82, 2.24) is 0 Å². The van der Waals surface area contributed by atoms with Gasteiger partial charge in [0.1, 0.15) is 19.3 Å². The summed E-state index contributed by atoms with van der Waals surface area (Å²) < 4.78 is 68.6. The molecule has 0 aliphatic heterocycles. The number of aliphatic hydroxyl groups excluding tert-OH is 1. The highest BCUT2D eigenvalue weighted by Crippen LogP contribution is 2.45. The van der Waals surface area contributed by atoms with E-state index in [1.54, 1.807) is 0 Å². The van der Waals surface area contributed by atoms with Gasteiger partial charge in [0.2, 0.25) is 0 Å². The number of hydrogen-bond donors (Lipinski definition) is 3. The number of ether oxygens (including phenoxy) is 4. The summed E-state index contributed by atoms with van der Waals surface area (Å²) in [6.45, 7) is 7.21. The van der Waals surface area contributed by atoms with Crippen LogP contribution in [0.15, 0.2) is 24.3 Å². The smallest absolute Gasteiger partial charge is 0.462 e. The molecule has 0 fully saturated rings. The Hall–Kier alpha value is -2.46. The van der Waals surface area contributed by atoms with Gasteiger partial charge in [0, 0.05) is 25.7 Å². The lowest BCUT2D eigenvalue weighted by Crippen LogP contribution is -2.30. The van der Waals surface area contributed by atoms with Crippen molar-refractivity contribution in [3.8, 4) is 0 Å². The van der Waals surface area contributed by atoms with E-state index < -0.39 is 97.5 Å². The number of rotatable bonds is 78. The Bertz CT molecular complexity index is 1990. The number of carbonyl (C=O) groups excluding carboxylic acids is 4. The van der Waals surface area contributed by atoms with Crippen molar-refractivity contribution in [3.63, 3.8) is 0 Å². The molecule has 0 aromatic rings. The second-order valence-corrected chi connectivity index (χ2v) is 31.3. The molecule has 0 aromatic carbocycles. The molecule has 19 heteroatoms. The van der Waals surface area contributed by atoms with Crippen molar-refractivity contribution in [1.29, 1.82) is 0 Å². The summed E-state index contributed by atoms with van der Waals surface area (Å²) in [5.74, 6) is -1.41. The SMILES string of the molecule is CCCCCC/C=C\C=C/CCCCCCCC(=O)OC[C@H](COP(=O)(O)OC[C@@H](O)COP(=O)(O)OC[C@@H](COC(=O)CCCCCCCCC(C)CC)OC(=O)CCCCCCCCCCCCCCC)OC(=O)CCCCCCCCCCCCCCCCCCCCCCC. The van der Waals surface area contributed by atoms with Crippen molar-refractivity contribution in [2.75, 3.05) is 39.6 Å². The fourth-order valence-electron chi connectivity index (χ4n) is 11.8. The summed E-state index contributed by atoms with van der Waals surface area (Å²) in [5, 5.41) is 10.6. The lowest BCUT2D eigenvalue weighted by molar-refractivity contribution is -0.161. The average molecular weight is 1450 g/mol. The normalized spacial score (nSPS) is 14.3. The van der Waals surface area contributed by atoms with E-state index in [0.29, 0.717) is 25.7 Å². The zero-order valence-corrected chi connectivity index (χ0v) is 65.9. The Balaban J connectivity index is 5.25. The molecule has 584 valence electrons. The molecule has 0 heterocycles. The van der Waals surface area contributed by atoms with Crippen LogP contribution in [0.4, 0.5) is 0 Å². The first-order valence-electron chi connectivity index (χ1n) is 41.0. The summed E-state index contributed by atoms with van der Waals surface area (Å²) in [6.07, 6.45) is 66.1. The predicted molar refractivity (Wildman–Crippen MR) is 404 cm³/mol. The third-order valence-corrected chi connectivity index (χ3v) is 20.4. The first-order valence-corrected chi connectivity index (χ1v) is 44.0. The largest absolute Gasteiger partial charge is 0.472 e. The second-order valence-electron chi connectivity index (χ2n) is 28.4. The second kappa shape index (κ2) is 72.5. The van der Waals surface area contributed by atoms with Crippen LogP contribution in [0.2, 0.25) is 0 Å². The predicted octanol–water partition coefficient (Wildman–Crippen LogP) is 23.6. The van der Waals surface area contributed by atoms with E-state index in [9.17, 15) is 43.2 Å². The Morgan fingerprint density at radius 2 is 0.566 bits per heavy atom. The zero-order valence-electron chi connectivity index (χ0n) is 64.1. The summed E-state index contributed by atoms with van der Waals surface area (Å²) in [6, 6.07) is 0. The van der Waals surface area contributed by atoms with Gasteiger partial charge in [-0.25, -0.2) is 9.13 Å². The van der Waals surface area contributed by atoms with E-state index in [-0.39, 0.29) is 25.7 Å². The monoisotopic (exact) mass is 1450 g/mol. The van der Waals surface area contributed by atoms with Gasteiger partial charge in [-0.05, 0) is 57.3 Å². The molecule has 6 atom stereocenters. The van der Waals surface area contributed by atoms with E-state index in [1.165, 1.54) is 199 Å². The van der Waals surface area contributed by atoms with Crippen LogP contribution in [0, 0.1) is 5.92 Å². The molecule has 0 radical (unpaired) electrons. The van der Waals surface area contributed by atoms with Crippen molar-refractivity contribution in [2.24, 2.45) is 5.92 Å². The molecule has 0 saturated carbocycles. The van der Waals surface area contributed by atoms with Crippen molar-refractivity contribution < 1.29 is 80.2 Å². The maximum Gasteiger partial charge on any atom is 0.472 e. The average Bonchev–Trinajstić information content (AvgIpc) is 1.08. The number of unbranched alkanes of at least 4 members (excludes halogenated alkanes) is 46. The highest BCUT2D eigenvalue weighted by molar-refractivity contribution is 7.47. The first-order chi connectivity index (χ1) is 48.1. The molecule has 0 amide bonds. The summed E-state index contributed by atoms with van der Waals surface area (Å²) in [4.78, 5) is 72.9. The minimum absolute atomic E-state index is 0.102. The number of phosphoric ester groups is 2. The number of aliphatic hydroxyl groups is 1. The van der Waals surface area contributed by atoms with Gasteiger partial charge in [-0.2, -0.15) is 0 Å². The number of esters is 4. The molecule has 0 rings (SSSR count). The van der Waals surface area contributed by atoms with Crippen LogP contribution in [-0.4, -0.2) is 96.7 Å². The number of phosphoric acid groups is 2. The molecule has 0 aliphatic carbocycles. The standard InChI is InChI=1S/C80H152O17P2/c1-6-10-13-16-19-22-25-28-30-31-32-33-34-35-37-40-43-46-49-56-61-66-79(84)96-75(69-90-77(82)63-58-53-47-44-41-39-36-29-26-23-20-17-14-11-7-2)71-94-98(86,87)92-67-74(81)68-93-99(88,89)95-72-76(70-91-78(83)64-59-54-51-50-52-57-62-73(5)9-4)97-80(85)65-60-55-48-45-42-38-27-24-21-18-15-12-8-3/h23,26,29,36,73-76,81H,6-22,24-25,27-28,30-35,37-72H2,1-5H3,(H,86,87)(H,88,89)/b26-23-,36-29-/t73?,74-,75-,76-/m1/s1. The van der Waals surface area contributed by atoms with Gasteiger partial charge in [0.15, 0.2) is 12.2 Å². The molecule has 3 unspecified atom stereocenters. The maximum atomic E-state index is 13.1. The molecule has 3 N–H and O–H groups in total. The highest BCUT2D eigenvalue weighted by Gasteiger charge is 2.30. The minimum atomic E-state index is -4.97. The van der Waals surface area contributed by atoms with E-state index in [1.807, 2.05) is 0 Å². The lowest BCUT2D eigenvalue weighted by atomic mass is 10.00. The van der Waals surface area contributed by atoms with Crippen molar-refractivity contribution in [3.05, 3.63) is 24.3 Å². The first kappa shape index (κ1) is 96.5. The Labute approximate surface area is 605 Å². The van der Waals surface area contributed by atoms with Crippen LogP contribution in [0.1, 0.15) is 401 Å². The van der Waals surface area contributed by atoms with Gasteiger partial charge in [0.25, 0.3) is 0 Å². The van der Waals surface area contributed by atoms with Gasteiger partial charge < -0.3 is 33.8 Å². The zero-order chi connectivity index (χ0) is 72.7. The van der Waals surface area contributed by atoms with E-state index >= 15 is 0 Å². The van der Waals surface area contributed by atoms with Crippen molar-refractivity contribution >= 4 is 39.5 Å². The summed E-state index contributed by atoms with van der Waals surface area (Å²) in [7, 11) is -9.93. The van der Waals surface area contributed by atoms with Crippen LogP contribution in [0.25, 0.3) is 0 Å². The van der Waals surface area contributed by atoms with Gasteiger partial charge >= 0.3 is 39.5 Å². The summed E-state index contributed by atoms with van der Waals surface area (Å²) in [5.41, 5.74) is 0. The lowest BCUT2D eigenvalue weighted by Gasteiger charge is -2.21. The molecule has 0 saturated heterocycles. The van der Waals surface area contributed by atoms with Gasteiger partial charge in [-0.1, -0.05) is 348 Å². The number of allylic oxidation sites excluding steroid dienone is 4. The quantitative estimate of drug-likeness (QED) is 0.0169. The third-order valence-electron chi connectivity index (χ3n) is 18.5. The van der Waals surface area contributed by atoms with Crippen LogP contribution < -0.4 is 0 Å². The van der Waals surface area contributed by atoms with Gasteiger partial charge in [-0.3, -0.25) is 37.3 Å². The Morgan fingerprint density at radius 1 is 0.323 bits per heavy atom. The van der Waals surface area contributed by atoms with E-state index in [2.05, 4.69) is 58.9 Å². The van der Waals surface area contributed by atoms with E-state index in [0.717, 1.165) is 121 Å². The Kier molecular flexibility index (Phi) is 70.7. The fraction of sp³-hybridized carbons (Fsp3) is 0.900. The minimum Gasteiger partial charge on any atom is -0.462 e. The third kappa shape index (κ3) is 72.3. The maximum absolute atomic E-state index is 13.1. The molecular formula is C80H152O17P2. The molecule has 0 aliphatic rings. The molecule has 0 aromatic heterocycles. The molecular weight excluding hydrogens is 1290 g/mol. The van der Waals surface area contributed by atoms with Gasteiger partial charge in [-0.15, -0.1) is 0 Å². The molecule has 99 heavy (non-hydrogen) atoms. The number of hydrogen-bond acceptors (Lipinski definition) is 15. The molecule has 17 nitrogen and oxygen atoms in total. The van der Waals surface area contributed by atoms with Crippen LogP contribution in [-0.2, 0) is 65.4 Å². The number of carbonyl (C=O) groups is 4. The van der Waals surface area contributed by atoms with Crippen LogP contribution in [0.5, 0.6) is 0 Å². The van der Waals surface area contributed by atoms with Gasteiger partial charge in [0.05, 0.1) is 26.4 Å². The van der Waals surface area contributed by atoms with Crippen LogP contribution >= 0.6 is 15.6 Å². The Morgan fingerprint density at radius 3 is 0.859 bits per heavy atom. The van der Waals surface area contributed by atoms with Crippen LogP contribution in [0.3, 0.4) is 0 Å². The molecule has 0 bridgehead atoms. The van der Waals surface area contributed by atoms with Crippen molar-refractivity contribution in [2.45, 2.75) is 419 Å². The molecule has 0 spiro atoms.